The molecule has 3 atom stereocenters. The lowest BCUT2D eigenvalue weighted by Gasteiger charge is -2.33. The fourth-order valence-electron chi connectivity index (χ4n) is 5.99. The van der Waals surface area contributed by atoms with Crippen LogP contribution in [0.2, 0.25) is 0 Å². The first-order chi connectivity index (χ1) is 15.1. The normalized spacial score (nSPS) is 34.6. The standard InChI is InChI=1S/C22H30BF3N2O4S/c1-19(2)20(3,4)32-23(31-19)18-8-5-14-9-16-6-7-17(10-15(14)11-18)21(16)12-28(13-22(24,25)26)33(29,30)27-21/h5,8,11,16-17,27H,6-7,9-10,12-13H2,1-4H3. The van der Waals surface area contributed by atoms with Crippen molar-refractivity contribution < 1.29 is 30.9 Å². The fraction of sp³-hybridized carbons (Fsp3) is 0.727. The zero-order valence-electron chi connectivity index (χ0n) is 19.3. The highest BCUT2D eigenvalue weighted by Crippen LogP contribution is 2.50. The summed E-state index contributed by atoms with van der Waals surface area (Å²) in [7, 11) is -4.68. The summed E-state index contributed by atoms with van der Waals surface area (Å²) in [6, 6.07) is 6.10. The summed E-state index contributed by atoms with van der Waals surface area (Å²) >= 11 is 0. The van der Waals surface area contributed by atoms with E-state index in [0.29, 0.717) is 17.1 Å². The zero-order chi connectivity index (χ0) is 24.0. The molecule has 11 heteroatoms. The van der Waals surface area contributed by atoms with Gasteiger partial charge in [-0.15, -0.1) is 0 Å². The summed E-state index contributed by atoms with van der Waals surface area (Å²) in [5.74, 6) is -0.107. The molecule has 5 rings (SSSR count). The number of nitrogens with zero attached hydrogens (tertiary/aromatic N) is 1. The lowest BCUT2D eigenvalue weighted by atomic mass is 9.76. The topological polar surface area (TPSA) is 67.9 Å². The van der Waals surface area contributed by atoms with Crippen molar-refractivity contribution in [3.63, 3.8) is 0 Å². The SMILES string of the molecule is CC1(C)OB(c2ccc3c(c2)CC2CCC(C3)C23CN(CC(F)(F)F)S(=O)(=O)N3)OC1(C)C. The predicted octanol–water partition coefficient (Wildman–Crippen LogP) is 2.56. The van der Waals surface area contributed by atoms with Crippen LogP contribution in [-0.2, 0) is 32.4 Å². The summed E-state index contributed by atoms with van der Waals surface area (Å²) in [6.07, 6.45) is -1.75. The largest absolute Gasteiger partial charge is 0.494 e. The quantitative estimate of drug-likeness (QED) is 0.653. The summed E-state index contributed by atoms with van der Waals surface area (Å²) < 4.78 is 80.1. The maximum atomic E-state index is 13.1. The average Bonchev–Trinajstić information content (AvgIpc) is 3.13. The van der Waals surface area contributed by atoms with Gasteiger partial charge >= 0.3 is 13.3 Å². The van der Waals surface area contributed by atoms with Crippen LogP contribution in [0.25, 0.3) is 0 Å². The Balaban J connectivity index is 1.43. The molecule has 3 fully saturated rings. The number of benzene rings is 1. The van der Waals surface area contributed by atoms with E-state index in [2.05, 4.69) is 10.8 Å². The summed E-state index contributed by atoms with van der Waals surface area (Å²) in [5, 5.41) is 0. The number of alkyl halides is 3. The lowest BCUT2D eigenvalue weighted by molar-refractivity contribution is -0.136. The van der Waals surface area contributed by atoms with Gasteiger partial charge in [0.1, 0.15) is 6.54 Å². The molecule has 3 unspecified atom stereocenters. The van der Waals surface area contributed by atoms with Crippen molar-refractivity contribution in [2.45, 2.75) is 76.3 Å². The molecule has 2 aliphatic carbocycles. The summed E-state index contributed by atoms with van der Waals surface area (Å²) in [5.41, 5.74) is 1.34. The van der Waals surface area contributed by atoms with E-state index in [4.69, 9.17) is 9.31 Å². The Labute approximate surface area is 193 Å². The Morgan fingerprint density at radius 2 is 1.64 bits per heavy atom. The van der Waals surface area contributed by atoms with E-state index in [9.17, 15) is 21.6 Å². The number of hydrogen-bond acceptors (Lipinski definition) is 4. The van der Waals surface area contributed by atoms with E-state index < -0.39 is 46.8 Å². The van der Waals surface area contributed by atoms with E-state index in [-0.39, 0.29) is 18.4 Å². The third kappa shape index (κ3) is 3.84. The van der Waals surface area contributed by atoms with Crippen molar-refractivity contribution in [1.29, 1.82) is 0 Å². The van der Waals surface area contributed by atoms with Crippen LogP contribution in [0.3, 0.4) is 0 Å². The Kier molecular flexibility index (Phi) is 5.14. The molecule has 2 aliphatic heterocycles. The van der Waals surface area contributed by atoms with Crippen molar-refractivity contribution >= 4 is 22.8 Å². The molecule has 1 aromatic carbocycles. The van der Waals surface area contributed by atoms with E-state index in [0.717, 1.165) is 29.4 Å². The van der Waals surface area contributed by atoms with Gasteiger partial charge in [-0.2, -0.15) is 30.6 Å². The van der Waals surface area contributed by atoms with E-state index in [1.165, 1.54) is 0 Å². The minimum absolute atomic E-state index is 0.0422. The minimum atomic E-state index is -4.58. The highest BCUT2D eigenvalue weighted by atomic mass is 32.2. The highest BCUT2D eigenvalue weighted by molar-refractivity contribution is 7.87. The first-order valence-electron chi connectivity index (χ1n) is 11.5. The Morgan fingerprint density at radius 3 is 2.21 bits per heavy atom. The van der Waals surface area contributed by atoms with E-state index in [1.54, 1.807) is 0 Å². The molecule has 6 nitrogen and oxygen atoms in total. The smallest absolute Gasteiger partial charge is 0.399 e. The minimum Gasteiger partial charge on any atom is -0.399 e. The molecule has 0 amide bonds. The van der Waals surface area contributed by atoms with Gasteiger partial charge in [-0.1, -0.05) is 18.2 Å². The molecule has 2 bridgehead atoms. The molecule has 2 heterocycles. The van der Waals surface area contributed by atoms with Crippen LogP contribution in [-0.4, -0.2) is 55.8 Å². The van der Waals surface area contributed by atoms with Crippen molar-refractivity contribution in [2.75, 3.05) is 13.1 Å². The number of fused-ring (bicyclic) bond motifs is 1. The monoisotopic (exact) mass is 486 g/mol. The maximum Gasteiger partial charge on any atom is 0.494 e. The zero-order valence-corrected chi connectivity index (χ0v) is 20.1. The van der Waals surface area contributed by atoms with E-state index >= 15 is 0 Å². The highest BCUT2D eigenvalue weighted by Gasteiger charge is 2.60. The number of nitrogens with one attached hydrogen (secondary N) is 1. The van der Waals surface area contributed by atoms with Crippen LogP contribution in [0.15, 0.2) is 18.2 Å². The Morgan fingerprint density at radius 1 is 1.06 bits per heavy atom. The predicted molar refractivity (Wildman–Crippen MR) is 118 cm³/mol. The van der Waals surface area contributed by atoms with Crippen molar-refractivity contribution in [2.24, 2.45) is 11.8 Å². The first-order valence-corrected chi connectivity index (χ1v) is 12.9. The number of hydrogen-bond donors (Lipinski definition) is 1. The van der Waals surface area contributed by atoms with Gasteiger partial charge in [-0.05, 0) is 81.8 Å². The van der Waals surface area contributed by atoms with Crippen LogP contribution in [0.5, 0.6) is 0 Å². The maximum absolute atomic E-state index is 13.1. The summed E-state index contributed by atoms with van der Waals surface area (Å²) in [4.78, 5) is 0. The first kappa shape index (κ1) is 23.6. The van der Waals surface area contributed by atoms with Gasteiger partial charge in [0.2, 0.25) is 0 Å². The molecule has 182 valence electrons. The van der Waals surface area contributed by atoms with Gasteiger partial charge in [-0.3, -0.25) is 0 Å². The van der Waals surface area contributed by atoms with Crippen LogP contribution < -0.4 is 10.2 Å². The van der Waals surface area contributed by atoms with Gasteiger partial charge in [0, 0.05) is 6.54 Å². The molecule has 0 radical (unpaired) electrons. The second-order valence-corrected chi connectivity index (χ2v) is 12.7. The van der Waals surface area contributed by atoms with Crippen LogP contribution in [0, 0.1) is 11.8 Å². The van der Waals surface area contributed by atoms with Gasteiger partial charge in [0.05, 0.1) is 16.7 Å². The molecule has 1 N–H and O–H groups in total. The second-order valence-electron chi connectivity index (χ2n) is 11.0. The molecule has 1 spiro atoms. The Bertz CT molecular complexity index is 1060. The van der Waals surface area contributed by atoms with Gasteiger partial charge < -0.3 is 9.31 Å². The molecular formula is C22H30BF3N2O4S. The third-order valence-corrected chi connectivity index (χ3v) is 10.0. The molecule has 33 heavy (non-hydrogen) atoms. The molecular weight excluding hydrogens is 456 g/mol. The van der Waals surface area contributed by atoms with Crippen LogP contribution in [0.4, 0.5) is 13.2 Å². The third-order valence-electron chi connectivity index (χ3n) is 8.46. The number of rotatable bonds is 2. The summed E-state index contributed by atoms with van der Waals surface area (Å²) in [6.45, 7) is 6.40. The Hall–Kier alpha value is -1.14. The molecule has 1 aromatic rings. The fourth-order valence-corrected chi connectivity index (χ4v) is 7.70. The van der Waals surface area contributed by atoms with Crippen LogP contribution in [0.1, 0.15) is 51.7 Å². The molecule has 0 aromatic heterocycles. The average molecular weight is 486 g/mol. The lowest BCUT2D eigenvalue weighted by Crippen LogP contribution is -2.52. The van der Waals surface area contributed by atoms with Gasteiger partial charge in [-0.25, -0.2) is 0 Å². The van der Waals surface area contributed by atoms with Crippen LogP contribution >= 0.6 is 0 Å². The molecule has 1 saturated carbocycles. The van der Waals surface area contributed by atoms with Gasteiger partial charge in [0.15, 0.2) is 0 Å². The van der Waals surface area contributed by atoms with Crippen molar-refractivity contribution in [3.05, 3.63) is 29.3 Å². The van der Waals surface area contributed by atoms with Gasteiger partial charge in [0.25, 0.3) is 10.2 Å². The van der Waals surface area contributed by atoms with E-state index in [1.807, 2.05) is 39.8 Å². The van der Waals surface area contributed by atoms with Crippen molar-refractivity contribution in [3.8, 4) is 0 Å². The molecule has 4 aliphatic rings. The number of halogens is 3. The van der Waals surface area contributed by atoms with Crippen molar-refractivity contribution in [1.82, 2.24) is 9.03 Å². The second kappa shape index (κ2) is 7.19. The molecule has 2 saturated heterocycles.